The number of aromatic nitrogens is 2. The van der Waals surface area contributed by atoms with E-state index in [9.17, 15) is 18.0 Å². The molecule has 0 atom stereocenters. The molecule has 8 heteroatoms. The van der Waals surface area contributed by atoms with Crippen molar-refractivity contribution in [3.05, 3.63) is 66.5 Å². The predicted molar refractivity (Wildman–Crippen MR) is 102 cm³/mol. The molecule has 0 spiro atoms. The predicted octanol–water partition coefficient (Wildman–Crippen LogP) is 5.79. The second kappa shape index (κ2) is 7.75. The molecule has 5 nitrogen and oxygen atoms in total. The Morgan fingerprint density at radius 1 is 1.07 bits per heavy atom. The second-order valence-electron chi connectivity index (χ2n) is 6.51. The maximum absolute atomic E-state index is 12.8. The summed E-state index contributed by atoms with van der Waals surface area (Å²) in [6.07, 6.45) is -0.904. The van der Waals surface area contributed by atoms with Crippen LogP contribution in [0.15, 0.2) is 60.9 Å². The van der Waals surface area contributed by atoms with Gasteiger partial charge in [0.05, 0.1) is 17.4 Å². The van der Waals surface area contributed by atoms with Gasteiger partial charge >= 0.3 is 12.2 Å². The number of alkyl halides is 3. The van der Waals surface area contributed by atoms with Crippen molar-refractivity contribution in [2.75, 3.05) is 10.6 Å². The molecule has 146 valence electrons. The number of carbonyl (C=O) groups is 1. The van der Waals surface area contributed by atoms with Gasteiger partial charge < -0.3 is 10.6 Å². The molecule has 3 aromatic rings. The molecule has 0 aliphatic rings. The molecule has 2 aromatic carbocycles. The molecule has 0 saturated carbocycles. The molecule has 0 radical (unpaired) electrons. The first-order valence-electron chi connectivity index (χ1n) is 8.63. The molecule has 0 saturated heterocycles. The van der Waals surface area contributed by atoms with Gasteiger partial charge in [-0.25, -0.2) is 4.79 Å². The Bertz CT molecular complexity index is 979. The Labute approximate surface area is 160 Å². The molecule has 0 aliphatic heterocycles. The summed E-state index contributed by atoms with van der Waals surface area (Å²) in [7, 11) is 0. The van der Waals surface area contributed by atoms with Crippen molar-refractivity contribution < 1.29 is 18.0 Å². The van der Waals surface area contributed by atoms with Crippen LogP contribution in [0.2, 0.25) is 0 Å². The standard InChI is InChI=1S/C20H19F3N4O/c1-13(2)27-12-14(11-24-27)17-8-3-4-9-18(17)26-19(28)25-16-7-5-6-15(10-16)20(21,22)23/h3-13H,1-2H3,(H2,25,26,28). The zero-order valence-corrected chi connectivity index (χ0v) is 15.3. The van der Waals surface area contributed by atoms with Crippen LogP contribution in [0.1, 0.15) is 25.5 Å². The average molecular weight is 388 g/mol. The van der Waals surface area contributed by atoms with E-state index < -0.39 is 17.8 Å². The SMILES string of the molecule is CC(C)n1cc(-c2ccccc2NC(=O)Nc2cccc(C(F)(F)F)c2)cn1. The highest BCUT2D eigenvalue weighted by Crippen LogP contribution is 2.31. The first-order chi connectivity index (χ1) is 13.2. The van der Waals surface area contributed by atoms with E-state index in [1.807, 2.05) is 32.2 Å². The Kier molecular flexibility index (Phi) is 5.39. The van der Waals surface area contributed by atoms with Crippen LogP contribution in [0.5, 0.6) is 0 Å². The fourth-order valence-corrected chi connectivity index (χ4v) is 2.66. The van der Waals surface area contributed by atoms with Crippen LogP contribution >= 0.6 is 0 Å². The minimum absolute atomic E-state index is 0.0532. The number of carbonyl (C=O) groups excluding carboxylic acids is 1. The lowest BCUT2D eigenvalue weighted by Gasteiger charge is -2.12. The molecular weight excluding hydrogens is 369 g/mol. The van der Waals surface area contributed by atoms with Gasteiger partial charge in [0.15, 0.2) is 0 Å². The Morgan fingerprint density at radius 3 is 2.50 bits per heavy atom. The summed E-state index contributed by atoms with van der Waals surface area (Å²) >= 11 is 0. The highest BCUT2D eigenvalue weighted by molar-refractivity contribution is 6.02. The number of halogens is 3. The number of nitrogens with one attached hydrogen (secondary N) is 2. The van der Waals surface area contributed by atoms with Crippen molar-refractivity contribution in [2.45, 2.75) is 26.1 Å². The summed E-state index contributed by atoms with van der Waals surface area (Å²) < 4.78 is 40.2. The Hall–Kier alpha value is -3.29. The van der Waals surface area contributed by atoms with Gasteiger partial charge in [-0.1, -0.05) is 24.3 Å². The van der Waals surface area contributed by atoms with Gasteiger partial charge in [-0.3, -0.25) is 4.68 Å². The van der Waals surface area contributed by atoms with Crippen molar-refractivity contribution in [2.24, 2.45) is 0 Å². The fourth-order valence-electron chi connectivity index (χ4n) is 2.66. The largest absolute Gasteiger partial charge is 0.416 e. The quantitative estimate of drug-likeness (QED) is 0.594. The van der Waals surface area contributed by atoms with Crippen LogP contribution in [-0.4, -0.2) is 15.8 Å². The zero-order chi connectivity index (χ0) is 20.3. The molecule has 28 heavy (non-hydrogen) atoms. The highest BCUT2D eigenvalue weighted by Gasteiger charge is 2.30. The van der Waals surface area contributed by atoms with E-state index in [2.05, 4.69) is 15.7 Å². The van der Waals surface area contributed by atoms with Crippen LogP contribution in [0.3, 0.4) is 0 Å². The van der Waals surface area contributed by atoms with Crippen LogP contribution in [0, 0.1) is 0 Å². The molecule has 1 aromatic heterocycles. The van der Waals surface area contributed by atoms with Gasteiger partial charge in [0, 0.05) is 29.1 Å². The average Bonchev–Trinajstić information content (AvgIpc) is 3.12. The number of anilines is 2. The maximum Gasteiger partial charge on any atom is 0.416 e. The number of nitrogens with zero attached hydrogens (tertiary/aromatic N) is 2. The van der Waals surface area contributed by atoms with Crippen LogP contribution < -0.4 is 10.6 Å². The molecule has 1 heterocycles. The lowest BCUT2D eigenvalue weighted by molar-refractivity contribution is -0.137. The van der Waals surface area contributed by atoms with E-state index in [4.69, 9.17) is 0 Å². The Morgan fingerprint density at radius 2 is 1.82 bits per heavy atom. The maximum atomic E-state index is 12.8. The van der Waals surface area contributed by atoms with Crippen LogP contribution in [0.4, 0.5) is 29.3 Å². The van der Waals surface area contributed by atoms with E-state index >= 15 is 0 Å². The van der Waals surface area contributed by atoms with Gasteiger partial charge in [-0.05, 0) is 38.1 Å². The number of hydrogen-bond acceptors (Lipinski definition) is 2. The van der Waals surface area contributed by atoms with Gasteiger partial charge in [0.1, 0.15) is 0 Å². The van der Waals surface area contributed by atoms with Gasteiger partial charge in [-0.15, -0.1) is 0 Å². The number of rotatable bonds is 4. The molecule has 0 fully saturated rings. The normalized spacial score (nSPS) is 11.5. The summed E-state index contributed by atoms with van der Waals surface area (Å²) in [6.45, 7) is 4.01. The Balaban J connectivity index is 1.78. The molecule has 0 unspecified atom stereocenters. The summed E-state index contributed by atoms with van der Waals surface area (Å²) in [6, 6.07) is 11.2. The number of urea groups is 1. The van der Waals surface area contributed by atoms with Gasteiger partial charge in [0.25, 0.3) is 0 Å². The van der Waals surface area contributed by atoms with E-state index in [-0.39, 0.29) is 11.7 Å². The molecule has 2 N–H and O–H groups in total. The minimum Gasteiger partial charge on any atom is -0.308 e. The first kappa shape index (κ1) is 19.5. The number of para-hydroxylation sites is 1. The summed E-state index contributed by atoms with van der Waals surface area (Å²) in [5.74, 6) is 0. The fraction of sp³-hybridized carbons (Fsp3) is 0.200. The van der Waals surface area contributed by atoms with Crippen LogP contribution in [0.25, 0.3) is 11.1 Å². The van der Waals surface area contributed by atoms with Crippen molar-refractivity contribution in [1.82, 2.24) is 9.78 Å². The summed E-state index contributed by atoms with van der Waals surface area (Å²) in [4.78, 5) is 12.3. The number of hydrogen-bond donors (Lipinski definition) is 2. The minimum atomic E-state index is -4.47. The van der Waals surface area contributed by atoms with Crippen LogP contribution in [-0.2, 0) is 6.18 Å². The van der Waals surface area contributed by atoms with Gasteiger partial charge in [0.2, 0.25) is 0 Å². The molecular formula is C20H19F3N4O. The third-order valence-corrected chi connectivity index (χ3v) is 4.06. The molecule has 3 rings (SSSR count). The topological polar surface area (TPSA) is 59.0 Å². The third kappa shape index (κ3) is 4.51. The van der Waals surface area contributed by atoms with E-state index in [0.29, 0.717) is 5.69 Å². The number of amides is 2. The summed E-state index contributed by atoms with van der Waals surface area (Å²) in [5, 5.41) is 9.41. The van der Waals surface area contributed by atoms with E-state index in [1.54, 1.807) is 23.0 Å². The lowest BCUT2D eigenvalue weighted by Crippen LogP contribution is -2.20. The highest BCUT2D eigenvalue weighted by atomic mass is 19.4. The van der Waals surface area contributed by atoms with Crippen molar-refractivity contribution in [1.29, 1.82) is 0 Å². The van der Waals surface area contributed by atoms with E-state index in [1.165, 1.54) is 12.1 Å². The second-order valence-corrected chi connectivity index (χ2v) is 6.51. The van der Waals surface area contributed by atoms with Crippen molar-refractivity contribution in [3.63, 3.8) is 0 Å². The van der Waals surface area contributed by atoms with Gasteiger partial charge in [-0.2, -0.15) is 18.3 Å². The third-order valence-electron chi connectivity index (χ3n) is 4.06. The monoisotopic (exact) mass is 388 g/mol. The molecule has 0 bridgehead atoms. The smallest absolute Gasteiger partial charge is 0.308 e. The molecule has 2 amide bonds. The lowest BCUT2D eigenvalue weighted by atomic mass is 10.1. The number of benzene rings is 2. The van der Waals surface area contributed by atoms with Crippen molar-refractivity contribution >= 4 is 17.4 Å². The zero-order valence-electron chi connectivity index (χ0n) is 15.3. The molecule has 0 aliphatic carbocycles. The first-order valence-corrected chi connectivity index (χ1v) is 8.63. The van der Waals surface area contributed by atoms with E-state index in [0.717, 1.165) is 23.3 Å². The summed E-state index contributed by atoms with van der Waals surface area (Å²) in [5.41, 5.74) is 1.33. The van der Waals surface area contributed by atoms with Crippen molar-refractivity contribution in [3.8, 4) is 11.1 Å².